The molecule has 3 aromatic heterocycles. The number of piperidine rings is 1. The number of fused-ring (bicyclic) bond motifs is 1. The Balaban J connectivity index is 1.35. The molecule has 4 heterocycles. The second-order valence-electron chi connectivity index (χ2n) is 8.07. The van der Waals surface area contributed by atoms with Crippen molar-refractivity contribution in [2.24, 2.45) is 0 Å². The quantitative estimate of drug-likeness (QED) is 0.459. The number of rotatable bonds is 5. The number of ketones is 1. The topological polar surface area (TPSA) is 85.0 Å². The van der Waals surface area contributed by atoms with E-state index in [4.69, 9.17) is 4.42 Å². The minimum atomic E-state index is 0.00215. The van der Waals surface area contributed by atoms with Crippen molar-refractivity contribution in [3.63, 3.8) is 0 Å². The molecule has 0 spiro atoms. The first kappa shape index (κ1) is 19.5. The van der Waals surface area contributed by atoms with Crippen molar-refractivity contribution < 1.29 is 9.21 Å². The molecule has 1 saturated heterocycles. The van der Waals surface area contributed by atoms with Crippen LogP contribution in [0.15, 0.2) is 59.7 Å². The minimum absolute atomic E-state index is 0.00215. The zero-order chi connectivity index (χ0) is 21.2. The van der Waals surface area contributed by atoms with Gasteiger partial charge in [0.15, 0.2) is 17.9 Å². The van der Waals surface area contributed by atoms with Crippen molar-refractivity contribution in [3.8, 4) is 11.3 Å². The van der Waals surface area contributed by atoms with E-state index >= 15 is 0 Å². The molecule has 0 bridgehead atoms. The van der Waals surface area contributed by atoms with Gasteiger partial charge in [0.25, 0.3) is 0 Å². The Hall–Kier alpha value is -3.45. The second kappa shape index (κ2) is 8.35. The largest absolute Gasteiger partial charge is 0.444 e. The van der Waals surface area contributed by atoms with Crippen LogP contribution in [0.2, 0.25) is 0 Å². The Morgan fingerprint density at radius 1 is 1.13 bits per heavy atom. The maximum absolute atomic E-state index is 13.0. The van der Waals surface area contributed by atoms with Gasteiger partial charge in [-0.05, 0) is 51.2 Å². The van der Waals surface area contributed by atoms with Crippen molar-refractivity contribution >= 4 is 16.7 Å². The number of pyridine rings is 1. The van der Waals surface area contributed by atoms with E-state index in [1.54, 1.807) is 24.7 Å². The highest BCUT2D eigenvalue weighted by Gasteiger charge is 2.20. The normalized spacial score (nSPS) is 15.4. The summed E-state index contributed by atoms with van der Waals surface area (Å²) in [6.07, 6.45) is 8.86. The van der Waals surface area contributed by atoms with E-state index in [9.17, 15) is 4.79 Å². The third kappa shape index (κ3) is 4.22. The Kier molecular flexibility index (Phi) is 5.26. The fourth-order valence-corrected chi connectivity index (χ4v) is 4.05. The van der Waals surface area contributed by atoms with Crippen LogP contribution in [0.4, 0.5) is 0 Å². The van der Waals surface area contributed by atoms with Gasteiger partial charge in [0.2, 0.25) is 0 Å². The Morgan fingerprint density at radius 2 is 2.00 bits per heavy atom. The van der Waals surface area contributed by atoms with Crippen LogP contribution < -0.4 is 0 Å². The van der Waals surface area contributed by atoms with Crippen molar-refractivity contribution in [3.05, 3.63) is 72.4 Å². The van der Waals surface area contributed by atoms with Gasteiger partial charge in [0.05, 0.1) is 18.1 Å². The summed E-state index contributed by atoms with van der Waals surface area (Å²) < 4.78 is 5.37. The van der Waals surface area contributed by atoms with Gasteiger partial charge in [-0.15, -0.1) is 0 Å². The molecule has 156 valence electrons. The van der Waals surface area contributed by atoms with Crippen molar-refractivity contribution in [1.29, 1.82) is 0 Å². The molecule has 5 rings (SSSR count). The first-order valence-electron chi connectivity index (χ1n) is 10.5. The summed E-state index contributed by atoms with van der Waals surface area (Å²) in [5, 5.41) is 0.910. The van der Waals surface area contributed by atoms with Gasteiger partial charge in [-0.2, -0.15) is 0 Å². The molecule has 0 atom stereocenters. The fourth-order valence-electron chi connectivity index (χ4n) is 4.05. The average molecular weight is 413 g/mol. The number of carbonyl (C=O) groups is 1. The molecule has 7 nitrogen and oxygen atoms in total. The summed E-state index contributed by atoms with van der Waals surface area (Å²) in [4.78, 5) is 32.8. The van der Waals surface area contributed by atoms with E-state index in [-0.39, 0.29) is 12.2 Å². The molecule has 0 saturated carbocycles. The Labute approximate surface area is 180 Å². The molecule has 1 aliphatic heterocycles. The van der Waals surface area contributed by atoms with E-state index in [0.717, 1.165) is 48.1 Å². The minimum Gasteiger partial charge on any atom is -0.444 e. The lowest BCUT2D eigenvalue weighted by molar-refractivity contribution is 0.0990. The maximum Gasteiger partial charge on any atom is 0.181 e. The molecule has 7 heteroatoms. The molecule has 31 heavy (non-hydrogen) atoms. The van der Waals surface area contributed by atoms with Crippen molar-refractivity contribution in [1.82, 2.24) is 24.8 Å². The molecular weight excluding hydrogens is 390 g/mol. The van der Waals surface area contributed by atoms with Gasteiger partial charge in [-0.1, -0.05) is 12.1 Å². The lowest BCUT2D eigenvalue weighted by Gasteiger charge is -2.28. The van der Waals surface area contributed by atoms with Crippen LogP contribution >= 0.6 is 0 Å². The zero-order valence-corrected chi connectivity index (χ0v) is 17.4. The number of likely N-dealkylation sites (tertiary alicyclic amines) is 1. The number of carbonyl (C=O) groups excluding carboxylic acids is 1. The van der Waals surface area contributed by atoms with Gasteiger partial charge >= 0.3 is 0 Å². The van der Waals surface area contributed by atoms with E-state index < -0.39 is 0 Å². The summed E-state index contributed by atoms with van der Waals surface area (Å²) in [5.74, 6) is 1.60. The van der Waals surface area contributed by atoms with Gasteiger partial charge in [0.1, 0.15) is 5.82 Å². The van der Waals surface area contributed by atoms with Crippen LogP contribution in [-0.2, 0) is 6.42 Å². The number of oxazole rings is 1. The molecule has 0 amide bonds. The lowest BCUT2D eigenvalue weighted by Crippen LogP contribution is -2.29. The first-order valence-corrected chi connectivity index (χ1v) is 10.5. The molecule has 0 N–H and O–H groups in total. The molecule has 0 unspecified atom stereocenters. The van der Waals surface area contributed by atoms with Crippen LogP contribution in [0, 0.1) is 0 Å². The Bertz CT molecular complexity index is 1210. The fraction of sp³-hybridized carbons (Fsp3) is 0.292. The monoisotopic (exact) mass is 413 g/mol. The van der Waals surface area contributed by atoms with Crippen LogP contribution in [0.3, 0.4) is 0 Å². The lowest BCUT2D eigenvalue weighted by atomic mass is 9.92. The SMILES string of the molecule is CN1CCC(c2cc(C(=O)Cc3ncc4ccc(-c5cnco5)cc4n3)ccn2)CC1. The first-order chi connectivity index (χ1) is 15.2. The standard InChI is InChI=1S/C24H23N5O2/c1-29-8-5-16(6-9-29)20-10-17(4-7-26-20)22(30)12-24-27-13-19-3-2-18(11-21(19)28-24)23-14-25-15-31-23/h2-4,7,10-11,13-16H,5-6,8-9,12H2,1H3. The van der Waals surface area contributed by atoms with Gasteiger partial charge in [-0.25, -0.2) is 15.0 Å². The number of benzene rings is 1. The van der Waals surface area contributed by atoms with Gasteiger partial charge in [-0.3, -0.25) is 9.78 Å². The molecule has 1 aliphatic rings. The highest BCUT2D eigenvalue weighted by atomic mass is 16.3. The second-order valence-corrected chi connectivity index (χ2v) is 8.07. The number of aromatic nitrogens is 4. The number of Topliss-reactive ketones (excluding diaryl/α,β-unsaturated/α-hetero) is 1. The predicted octanol–water partition coefficient (Wildman–Crippen LogP) is 3.91. The molecule has 1 fully saturated rings. The summed E-state index contributed by atoms with van der Waals surface area (Å²) in [6, 6.07) is 9.54. The summed E-state index contributed by atoms with van der Waals surface area (Å²) in [6.45, 7) is 2.12. The molecule has 4 aromatic rings. The maximum atomic E-state index is 13.0. The number of hydrogen-bond donors (Lipinski definition) is 0. The summed E-state index contributed by atoms with van der Waals surface area (Å²) in [5.41, 5.74) is 3.34. The molecule has 0 radical (unpaired) electrons. The zero-order valence-electron chi connectivity index (χ0n) is 17.4. The van der Waals surface area contributed by atoms with E-state index in [0.29, 0.717) is 23.1 Å². The third-order valence-corrected chi connectivity index (χ3v) is 5.91. The summed E-state index contributed by atoms with van der Waals surface area (Å²) >= 11 is 0. The predicted molar refractivity (Wildman–Crippen MR) is 117 cm³/mol. The van der Waals surface area contributed by atoms with Gasteiger partial charge in [0, 0.05) is 40.5 Å². The summed E-state index contributed by atoms with van der Waals surface area (Å²) in [7, 11) is 2.14. The van der Waals surface area contributed by atoms with Crippen LogP contribution in [-0.4, -0.2) is 50.8 Å². The van der Waals surface area contributed by atoms with Crippen LogP contribution in [0.5, 0.6) is 0 Å². The van der Waals surface area contributed by atoms with E-state index in [2.05, 4.69) is 31.9 Å². The van der Waals surface area contributed by atoms with E-state index in [1.165, 1.54) is 6.39 Å². The van der Waals surface area contributed by atoms with E-state index in [1.807, 2.05) is 24.3 Å². The number of hydrogen-bond acceptors (Lipinski definition) is 7. The smallest absolute Gasteiger partial charge is 0.181 e. The number of nitrogens with zero attached hydrogens (tertiary/aromatic N) is 5. The molecule has 1 aromatic carbocycles. The van der Waals surface area contributed by atoms with Crippen LogP contribution in [0.25, 0.3) is 22.2 Å². The van der Waals surface area contributed by atoms with Gasteiger partial charge < -0.3 is 9.32 Å². The highest BCUT2D eigenvalue weighted by Crippen LogP contribution is 2.27. The molecule has 0 aliphatic carbocycles. The van der Waals surface area contributed by atoms with Crippen molar-refractivity contribution in [2.45, 2.75) is 25.2 Å². The average Bonchev–Trinajstić information content (AvgIpc) is 3.34. The van der Waals surface area contributed by atoms with Crippen LogP contribution in [0.1, 0.15) is 40.6 Å². The highest BCUT2D eigenvalue weighted by molar-refractivity contribution is 5.97. The Morgan fingerprint density at radius 3 is 2.81 bits per heavy atom. The van der Waals surface area contributed by atoms with Crippen molar-refractivity contribution in [2.75, 3.05) is 20.1 Å². The third-order valence-electron chi connectivity index (χ3n) is 5.91. The molecular formula is C24H23N5O2.